The smallest absolute Gasteiger partial charge is 0.230 e. The molecule has 1 aliphatic rings. The molecule has 0 unspecified atom stereocenters. The molecule has 116 valence electrons. The van der Waals surface area contributed by atoms with Crippen LogP contribution in [0.1, 0.15) is 33.1 Å². The summed E-state index contributed by atoms with van der Waals surface area (Å²) in [6.07, 6.45) is 3.55. The van der Waals surface area contributed by atoms with E-state index in [-0.39, 0.29) is 5.91 Å². The molecule has 2 nitrogen and oxygen atoms in total. The summed E-state index contributed by atoms with van der Waals surface area (Å²) < 4.78 is 0. The van der Waals surface area contributed by atoms with Crippen LogP contribution in [0.2, 0.25) is 10.0 Å². The van der Waals surface area contributed by atoms with E-state index in [2.05, 4.69) is 19.2 Å². The van der Waals surface area contributed by atoms with Crippen molar-refractivity contribution in [1.29, 1.82) is 0 Å². The quantitative estimate of drug-likeness (QED) is 0.775. The van der Waals surface area contributed by atoms with Crippen molar-refractivity contribution in [2.45, 2.75) is 44.0 Å². The standard InChI is InChI=1S/C16H21Cl2NOS/c1-10-4-3-5-14(11(10)2)19-16(20)9-21-15-8-12(17)6-7-13(15)18/h6-8,10-11,14H,3-5,9H2,1-2H3,(H,19,20)/t10-,11+,14+/m0/s1. The van der Waals surface area contributed by atoms with Gasteiger partial charge in [-0.25, -0.2) is 0 Å². The Labute approximate surface area is 141 Å². The number of nitrogens with one attached hydrogen (secondary N) is 1. The molecule has 1 aliphatic carbocycles. The van der Waals surface area contributed by atoms with Gasteiger partial charge in [0.1, 0.15) is 0 Å². The van der Waals surface area contributed by atoms with Gasteiger partial charge >= 0.3 is 0 Å². The maximum absolute atomic E-state index is 12.1. The third-order valence-corrected chi connectivity index (χ3v) is 6.04. The second-order valence-corrected chi connectivity index (χ2v) is 7.67. The summed E-state index contributed by atoms with van der Waals surface area (Å²) in [6, 6.07) is 5.61. The van der Waals surface area contributed by atoms with E-state index >= 15 is 0 Å². The third kappa shape index (κ3) is 4.80. The average molecular weight is 346 g/mol. The van der Waals surface area contributed by atoms with E-state index in [0.717, 1.165) is 11.3 Å². The fraction of sp³-hybridized carbons (Fsp3) is 0.562. The maximum Gasteiger partial charge on any atom is 0.230 e. The van der Waals surface area contributed by atoms with Crippen molar-refractivity contribution in [2.24, 2.45) is 11.8 Å². The summed E-state index contributed by atoms with van der Waals surface area (Å²) in [7, 11) is 0. The fourth-order valence-electron chi connectivity index (χ4n) is 2.77. The van der Waals surface area contributed by atoms with E-state index in [4.69, 9.17) is 23.2 Å². The molecule has 1 aromatic carbocycles. The van der Waals surface area contributed by atoms with Crippen molar-refractivity contribution >= 4 is 40.9 Å². The Kier molecular flexibility index (Phi) is 6.27. The summed E-state index contributed by atoms with van der Waals surface area (Å²) in [5.74, 6) is 1.67. The zero-order valence-corrected chi connectivity index (χ0v) is 14.7. The predicted molar refractivity (Wildman–Crippen MR) is 91.3 cm³/mol. The Hall–Kier alpha value is -0.380. The van der Waals surface area contributed by atoms with Gasteiger partial charge in [-0.05, 0) is 36.5 Å². The van der Waals surface area contributed by atoms with E-state index in [9.17, 15) is 4.79 Å². The van der Waals surface area contributed by atoms with E-state index in [1.807, 2.05) is 0 Å². The van der Waals surface area contributed by atoms with Gasteiger partial charge in [0, 0.05) is 16.0 Å². The number of benzene rings is 1. The molecule has 0 heterocycles. The molecule has 0 radical (unpaired) electrons. The van der Waals surface area contributed by atoms with E-state index in [1.165, 1.54) is 24.6 Å². The monoisotopic (exact) mass is 345 g/mol. The number of carbonyl (C=O) groups excluding carboxylic acids is 1. The number of halogens is 2. The Morgan fingerprint density at radius 3 is 2.86 bits per heavy atom. The van der Waals surface area contributed by atoms with Crippen molar-refractivity contribution in [2.75, 3.05) is 5.75 Å². The lowest BCUT2D eigenvalue weighted by molar-refractivity contribution is -0.119. The number of carbonyl (C=O) groups is 1. The van der Waals surface area contributed by atoms with Gasteiger partial charge in [-0.3, -0.25) is 4.79 Å². The molecule has 1 fully saturated rings. The minimum absolute atomic E-state index is 0.0713. The molecule has 1 N–H and O–H groups in total. The summed E-state index contributed by atoms with van der Waals surface area (Å²) in [4.78, 5) is 13.0. The van der Waals surface area contributed by atoms with Crippen molar-refractivity contribution < 1.29 is 4.79 Å². The summed E-state index contributed by atoms with van der Waals surface area (Å²) in [5, 5.41) is 4.44. The van der Waals surface area contributed by atoms with Crippen molar-refractivity contribution in [1.82, 2.24) is 5.32 Å². The lowest BCUT2D eigenvalue weighted by Gasteiger charge is -2.34. The normalized spacial score (nSPS) is 25.6. The van der Waals surface area contributed by atoms with Gasteiger partial charge in [-0.1, -0.05) is 49.9 Å². The predicted octanol–water partition coefficient (Wildman–Crippen LogP) is 5.03. The molecule has 0 aliphatic heterocycles. The van der Waals surface area contributed by atoms with Crippen LogP contribution in [0.15, 0.2) is 23.1 Å². The van der Waals surface area contributed by atoms with Crippen molar-refractivity contribution in [3.63, 3.8) is 0 Å². The average Bonchev–Trinajstić information content (AvgIpc) is 2.45. The van der Waals surface area contributed by atoms with E-state index in [0.29, 0.717) is 33.7 Å². The third-order valence-electron chi connectivity index (χ3n) is 4.31. The largest absolute Gasteiger partial charge is 0.352 e. The Balaban J connectivity index is 1.86. The van der Waals surface area contributed by atoms with Gasteiger partial charge < -0.3 is 5.32 Å². The molecule has 5 heteroatoms. The molecule has 1 amide bonds. The van der Waals surface area contributed by atoms with Crippen LogP contribution in [-0.2, 0) is 4.79 Å². The fourth-order valence-corrected chi connectivity index (χ4v) is 4.07. The second-order valence-electron chi connectivity index (χ2n) is 5.80. The van der Waals surface area contributed by atoms with Gasteiger partial charge in [0.25, 0.3) is 0 Å². The lowest BCUT2D eigenvalue weighted by atomic mass is 9.78. The minimum atomic E-state index is 0.0713. The maximum atomic E-state index is 12.1. The van der Waals surface area contributed by atoms with Crippen LogP contribution >= 0.6 is 35.0 Å². The van der Waals surface area contributed by atoms with Crippen LogP contribution in [0, 0.1) is 11.8 Å². The molecule has 0 saturated heterocycles. The first-order valence-electron chi connectivity index (χ1n) is 7.34. The van der Waals surface area contributed by atoms with Gasteiger partial charge in [0.15, 0.2) is 0 Å². The highest BCUT2D eigenvalue weighted by Gasteiger charge is 2.27. The van der Waals surface area contributed by atoms with Crippen LogP contribution < -0.4 is 5.32 Å². The second kappa shape index (κ2) is 7.75. The summed E-state index contributed by atoms with van der Waals surface area (Å²) in [6.45, 7) is 4.50. The molecule has 21 heavy (non-hydrogen) atoms. The Morgan fingerprint density at radius 2 is 2.10 bits per heavy atom. The molecule has 2 rings (SSSR count). The van der Waals surface area contributed by atoms with E-state index in [1.54, 1.807) is 18.2 Å². The Morgan fingerprint density at radius 1 is 1.33 bits per heavy atom. The van der Waals surface area contributed by atoms with Crippen LogP contribution in [0.25, 0.3) is 0 Å². The van der Waals surface area contributed by atoms with Crippen LogP contribution in [-0.4, -0.2) is 17.7 Å². The lowest BCUT2D eigenvalue weighted by Crippen LogP contribution is -2.44. The molecule has 0 spiro atoms. The number of hydrogen-bond acceptors (Lipinski definition) is 2. The van der Waals surface area contributed by atoms with Crippen LogP contribution in [0.3, 0.4) is 0 Å². The molecule has 1 saturated carbocycles. The van der Waals surface area contributed by atoms with Gasteiger partial charge in [-0.15, -0.1) is 11.8 Å². The molecule has 0 aromatic heterocycles. The zero-order valence-electron chi connectivity index (χ0n) is 12.4. The highest BCUT2D eigenvalue weighted by molar-refractivity contribution is 8.00. The SMILES string of the molecule is C[C@@H]1[C@@H](C)CCC[C@H]1NC(=O)CSc1cc(Cl)ccc1Cl. The molecule has 1 aromatic rings. The molecular weight excluding hydrogens is 325 g/mol. The van der Waals surface area contributed by atoms with E-state index < -0.39 is 0 Å². The van der Waals surface area contributed by atoms with Crippen molar-refractivity contribution in [3.8, 4) is 0 Å². The highest BCUT2D eigenvalue weighted by Crippen LogP contribution is 2.31. The highest BCUT2D eigenvalue weighted by atomic mass is 35.5. The molecular formula is C16H21Cl2NOS. The first kappa shape index (κ1) is 17.0. The number of amides is 1. The number of rotatable bonds is 4. The first-order chi connectivity index (χ1) is 9.97. The summed E-state index contributed by atoms with van der Waals surface area (Å²) in [5.41, 5.74) is 0. The van der Waals surface area contributed by atoms with Gasteiger partial charge in [0.2, 0.25) is 5.91 Å². The first-order valence-corrected chi connectivity index (χ1v) is 9.08. The summed E-state index contributed by atoms with van der Waals surface area (Å²) >= 11 is 13.5. The number of thioether (sulfide) groups is 1. The van der Waals surface area contributed by atoms with Gasteiger partial charge in [0.05, 0.1) is 10.8 Å². The molecule has 0 bridgehead atoms. The Bertz CT molecular complexity index is 509. The zero-order chi connectivity index (χ0) is 15.4. The number of hydrogen-bond donors (Lipinski definition) is 1. The van der Waals surface area contributed by atoms with Crippen molar-refractivity contribution in [3.05, 3.63) is 28.2 Å². The molecule has 3 atom stereocenters. The van der Waals surface area contributed by atoms with Crippen LogP contribution in [0.4, 0.5) is 0 Å². The minimum Gasteiger partial charge on any atom is -0.352 e. The van der Waals surface area contributed by atoms with Gasteiger partial charge in [-0.2, -0.15) is 0 Å². The topological polar surface area (TPSA) is 29.1 Å². The van der Waals surface area contributed by atoms with Crippen LogP contribution in [0.5, 0.6) is 0 Å².